The Morgan fingerprint density at radius 3 is 2.61 bits per heavy atom. The fourth-order valence-electron chi connectivity index (χ4n) is 7.10. The average Bonchev–Trinajstić information content (AvgIpc) is 2.80. The summed E-state index contributed by atoms with van der Waals surface area (Å²) >= 11 is 0. The number of aliphatic hydroxyl groups is 1. The predicted octanol–water partition coefficient (Wildman–Crippen LogP) is 4.95. The Bertz CT molecular complexity index is 583. The molecule has 4 aliphatic carbocycles. The van der Waals surface area contributed by atoms with Crippen LogP contribution in [-0.4, -0.2) is 10.7 Å². The Hall–Kier alpha value is -0.740. The molecule has 0 amide bonds. The third-order valence-corrected chi connectivity index (χ3v) is 8.74. The maximum Gasteiger partial charge on any atom is 0.130 e. The molecular formula is C22H32O. The summed E-state index contributed by atoms with van der Waals surface area (Å²) in [6, 6.07) is 0. The third kappa shape index (κ3) is 1.91. The summed E-state index contributed by atoms with van der Waals surface area (Å²) in [6.07, 6.45) is 17.9. The highest BCUT2D eigenvalue weighted by molar-refractivity contribution is 5.28. The molecule has 0 aliphatic heterocycles. The molecule has 4 rings (SSSR count). The van der Waals surface area contributed by atoms with Crippen molar-refractivity contribution in [3.63, 3.8) is 0 Å². The Morgan fingerprint density at radius 2 is 1.87 bits per heavy atom. The minimum Gasteiger partial charge on any atom is -0.377 e. The van der Waals surface area contributed by atoms with E-state index >= 15 is 0 Å². The number of hydrogen-bond acceptors (Lipinski definition) is 1. The summed E-state index contributed by atoms with van der Waals surface area (Å²) in [4.78, 5) is 0. The maximum absolute atomic E-state index is 11.0. The van der Waals surface area contributed by atoms with Gasteiger partial charge in [-0.15, -0.1) is 6.42 Å². The first kappa shape index (κ1) is 15.8. The largest absolute Gasteiger partial charge is 0.377 e. The molecule has 3 saturated carbocycles. The van der Waals surface area contributed by atoms with Crippen LogP contribution in [0.5, 0.6) is 0 Å². The minimum absolute atomic E-state index is 0.0629. The van der Waals surface area contributed by atoms with Crippen molar-refractivity contribution in [2.24, 2.45) is 34.5 Å². The van der Waals surface area contributed by atoms with Gasteiger partial charge in [-0.05, 0) is 80.5 Å². The van der Waals surface area contributed by atoms with Gasteiger partial charge in [-0.3, -0.25) is 0 Å². The molecule has 0 spiro atoms. The topological polar surface area (TPSA) is 20.2 Å². The molecule has 23 heavy (non-hydrogen) atoms. The zero-order valence-corrected chi connectivity index (χ0v) is 15.1. The SMILES string of the molecule is C#C[C@]1(O)CCC2C3CC=C4C[C@@H](C)CC[C@]4(C)C3CC[C@@]21C. The highest BCUT2D eigenvalue weighted by Gasteiger charge is 2.63. The van der Waals surface area contributed by atoms with Gasteiger partial charge in [0.25, 0.3) is 0 Å². The second kappa shape index (κ2) is 4.89. The van der Waals surface area contributed by atoms with Crippen LogP contribution in [-0.2, 0) is 0 Å². The van der Waals surface area contributed by atoms with Gasteiger partial charge in [0, 0.05) is 5.41 Å². The zero-order valence-electron chi connectivity index (χ0n) is 15.1. The average molecular weight is 312 g/mol. The molecule has 0 radical (unpaired) electrons. The summed E-state index contributed by atoms with van der Waals surface area (Å²) in [5, 5.41) is 11.0. The fraction of sp³-hybridized carbons (Fsp3) is 0.818. The summed E-state index contributed by atoms with van der Waals surface area (Å²) in [7, 11) is 0. The van der Waals surface area contributed by atoms with E-state index in [0.717, 1.165) is 37.0 Å². The Morgan fingerprint density at radius 1 is 1.13 bits per heavy atom. The highest BCUT2D eigenvalue weighted by atomic mass is 16.3. The van der Waals surface area contributed by atoms with Crippen LogP contribution in [0.15, 0.2) is 11.6 Å². The van der Waals surface area contributed by atoms with Gasteiger partial charge < -0.3 is 5.11 Å². The van der Waals surface area contributed by atoms with Gasteiger partial charge in [-0.2, -0.15) is 0 Å². The van der Waals surface area contributed by atoms with E-state index < -0.39 is 5.60 Å². The lowest BCUT2D eigenvalue weighted by Crippen LogP contribution is -2.54. The van der Waals surface area contributed by atoms with Crippen LogP contribution in [0.3, 0.4) is 0 Å². The van der Waals surface area contributed by atoms with Crippen molar-refractivity contribution in [3.8, 4) is 12.3 Å². The van der Waals surface area contributed by atoms with Crippen molar-refractivity contribution in [2.45, 2.75) is 77.7 Å². The van der Waals surface area contributed by atoms with Gasteiger partial charge in [-0.1, -0.05) is 38.3 Å². The van der Waals surface area contributed by atoms with Crippen LogP contribution in [0.25, 0.3) is 0 Å². The van der Waals surface area contributed by atoms with Crippen LogP contribution in [0.1, 0.15) is 72.1 Å². The number of terminal acetylenes is 1. The minimum atomic E-state index is -0.866. The van der Waals surface area contributed by atoms with Crippen LogP contribution >= 0.6 is 0 Å². The number of fused-ring (bicyclic) bond motifs is 5. The summed E-state index contributed by atoms with van der Waals surface area (Å²) in [6.45, 7) is 7.24. The molecule has 0 heterocycles. The lowest BCUT2D eigenvalue weighted by atomic mass is 9.46. The molecule has 0 aromatic carbocycles. The number of rotatable bonds is 0. The lowest BCUT2D eigenvalue weighted by molar-refractivity contribution is -0.0951. The van der Waals surface area contributed by atoms with E-state index in [9.17, 15) is 5.11 Å². The molecule has 0 saturated heterocycles. The Kier molecular flexibility index (Phi) is 3.35. The third-order valence-electron chi connectivity index (χ3n) is 8.74. The second-order valence-corrected chi connectivity index (χ2v) is 9.61. The molecule has 0 aromatic rings. The van der Waals surface area contributed by atoms with E-state index in [4.69, 9.17) is 6.42 Å². The molecule has 0 bridgehead atoms. The van der Waals surface area contributed by atoms with Crippen LogP contribution in [0.4, 0.5) is 0 Å². The van der Waals surface area contributed by atoms with Crippen LogP contribution in [0.2, 0.25) is 0 Å². The molecule has 1 nitrogen and oxygen atoms in total. The molecule has 0 aromatic heterocycles. The summed E-state index contributed by atoms with van der Waals surface area (Å²) in [5.74, 6) is 5.80. The van der Waals surface area contributed by atoms with Crippen molar-refractivity contribution >= 4 is 0 Å². The van der Waals surface area contributed by atoms with E-state index in [-0.39, 0.29) is 5.41 Å². The van der Waals surface area contributed by atoms with E-state index in [1.54, 1.807) is 5.57 Å². The summed E-state index contributed by atoms with van der Waals surface area (Å²) < 4.78 is 0. The molecular weight excluding hydrogens is 280 g/mol. The highest BCUT2D eigenvalue weighted by Crippen LogP contribution is 2.67. The van der Waals surface area contributed by atoms with Gasteiger partial charge in [0.1, 0.15) is 5.60 Å². The normalized spacial score (nSPS) is 55.2. The van der Waals surface area contributed by atoms with Crippen molar-refractivity contribution in [3.05, 3.63) is 11.6 Å². The van der Waals surface area contributed by atoms with E-state index in [1.165, 1.54) is 32.1 Å². The molecule has 4 aliphatic rings. The molecule has 126 valence electrons. The lowest BCUT2D eigenvalue weighted by Gasteiger charge is -2.58. The van der Waals surface area contributed by atoms with Crippen molar-refractivity contribution in [1.29, 1.82) is 0 Å². The predicted molar refractivity (Wildman–Crippen MR) is 94.6 cm³/mol. The van der Waals surface area contributed by atoms with Gasteiger partial charge in [-0.25, -0.2) is 0 Å². The van der Waals surface area contributed by atoms with E-state index in [2.05, 4.69) is 32.8 Å². The first-order chi connectivity index (χ1) is 10.8. The monoisotopic (exact) mass is 312 g/mol. The molecule has 3 fully saturated rings. The number of allylic oxidation sites excluding steroid dienone is 2. The molecule has 1 N–H and O–H groups in total. The van der Waals surface area contributed by atoms with Gasteiger partial charge in [0.05, 0.1) is 0 Å². The van der Waals surface area contributed by atoms with Crippen molar-refractivity contribution < 1.29 is 5.11 Å². The quantitative estimate of drug-likeness (QED) is 0.495. The van der Waals surface area contributed by atoms with Gasteiger partial charge in [0.2, 0.25) is 0 Å². The first-order valence-corrected chi connectivity index (χ1v) is 9.74. The summed E-state index contributed by atoms with van der Waals surface area (Å²) in [5.41, 5.74) is 1.25. The number of hydrogen-bond donors (Lipinski definition) is 1. The van der Waals surface area contributed by atoms with Crippen molar-refractivity contribution in [1.82, 2.24) is 0 Å². The van der Waals surface area contributed by atoms with Crippen LogP contribution in [0, 0.1) is 46.8 Å². The smallest absolute Gasteiger partial charge is 0.130 e. The second-order valence-electron chi connectivity index (χ2n) is 9.61. The fourth-order valence-corrected chi connectivity index (χ4v) is 7.10. The van der Waals surface area contributed by atoms with Crippen LogP contribution < -0.4 is 0 Å². The Labute approximate surface area is 141 Å². The van der Waals surface area contributed by atoms with Gasteiger partial charge >= 0.3 is 0 Å². The van der Waals surface area contributed by atoms with Crippen molar-refractivity contribution in [2.75, 3.05) is 0 Å². The Balaban J connectivity index is 1.69. The maximum atomic E-state index is 11.0. The van der Waals surface area contributed by atoms with E-state index in [1.807, 2.05) is 0 Å². The molecule has 3 unspecified atom stereocenters. The molecule has 7 atom stereocenters. The molecule has 1 heteroatoms. The zero-order chi connectivity index (χ0) is 16.5. The van der Waals surface area contributed by atoms with E-state index in [0.29, 0.717) is 11.3 Å². The standard InChI is InChI=1S/C22H32O/c1-5-22(23)13-10-19-17-7-6-16-14-15(2)8-11-20(16,3)18(17)9-12-21(19,22)4/h1,6,15,17-19,23H,7-14H2,2-4H3/t15-,17?,18?,19?,20-,21-,22-/m0/s1. The van der Waals surface area contributed by atoms with Gasteiger partial charge in [0.15, 0.2) is 0 Å². The first-order valence-electron chi connectivity index (χ1n) is 9.74.